The number of aromatic nitrogens is 1. The van der Waals surface area contributed by atoms with Crippen molar-refractivity contribution in [1.29, 1.82) is 0 Å². The fourth-order valence-corrected chi connectivity index (χ4v) is 2.41. The average molecular weight is 278 g/mol. The second-order valence-electron chi connectivity index (χ2n) is 4.94. The summed E-state index contributed by atoms with van der Waals surface area (Å²) in [5, 5.41) is 0. The van der Waals surface area contributed by atoms with Gasteiger partial charge in [-0.2, -0.15) is 0 Å². The van der Waals surface area contributed by atoms with Gasteiger partial charge in [0.05, 0.1) is 11.7 Å². The Hall–Kier alpha value is -1.66. The van der Waals surface area contributed by atoms with E-state index in [1.807, 2.05) is 0 Å². The van der Waals surface area contributed by atoms with Crippen LogP contribution in [-0.2, 0) is 4.74 Å². The first-order chi connectivity index (χ1) is 9.72. The third-order valence-corrected chi connectivity index (χ3v) is 3.50. The maximum atomic E-state index is 11.4. The molecule has 0 saturated carbocycles. The van der Waals surface area contributed by atoms with Crippen molar-refractivity contribution < 1.29 is 9.53 Å². The standard InChI is InChI=1S/C14H22N4O2/c15-6-2-10-20-11-4-8-18(9-5-11)14-12(13(16)19)3-1-7-17-14/h1,3,7,11H,2,4-6,8-10,15H2,(H2,16,19). The number of carbonyl (C=O) groups excluding carboxylic acids is 1. The number of hydrogen-bond acceptors (Lipinski definition) is 5. The van der Waals surface area contributed by atoms with Crippen molar-refractivity contribution in [1.82, 2.24) is 4.98 Å². The van der Waals surface area contributed by atoms with E-state index in [1.54, 1.807) is 18.3 Å². The number of pyridine rings is 1. The van der Waals surface area contributed by atoms with Crippen LogP contribution >= 0.6 is 0 Å². The number of primary amides is 1. The first-order valence-corrected chi connectivity index (χ1v) is 7.04. The van der Waals surface area contributed by atoms with E-state index in [1.165, 1.54) is 0 Å². The number of ether oxygens (including phenoxy) is 1. The molecule has 4 N–H and O–H groups in total. The van der Waals surface area contributed by atoms with Crippen LogP contribution < -0.4 is 16.4 Å². The monoisotopic (exact) mass is 278 g/mol. The molecular formula is C14H22N4O2. The summed E-state index contributed by atoms with van der Waals surface area (Å²) < 4.78 is 5.77. The van der Waals surface area contributed by atoms with Gasteiger partial charge >= 0.3 is 0 Å². The summed E-state index contributed by atoms with van der Waals surface area (Å²) in [5.74, 6) is 0.245. The van der Waals surface area contributed by atoms with Crippen LogP contribution in [0.5, 0.6) is 0 Å². The number of anilines is 1. The molecule has 1 aromatic heterocycles. The highest BCUT2D eigenvalue weighted by Gasteiger charge is 2.23. The lowest BCUT2D eigenvalue weighted by Crippen LogP contribution is -2.38. The van der Waals surface area contributed by atoms with Crippen molar-refractivity contribution >= 4 is 11.7 Å². The van der Waals surface area contributed by atoms with Crippen LogP contribution in [0, 0.1) is 0 Å². The largest absolute Gasteiger partial charge is 0.378 e. The van der Waals surface area contributed by atoms with E-state index in [9.17, 15) is 4.79 Å². The van der Waals surface area contributed by atoms with Crippen LogP contribution in [-0.4, -0.2) is 43.2 Å². The van der Waals surface area contributed by atoms with Crippen LogP contribution in [0.3, 0.4) is 0 Å². The number of amides is 1. The lowest BCUT2D eigenvalue weighted by atomic mass is 10.1. The Morgan fingerprint density at radius 1 is 1.45 bits per heavy atom. The van der Waals surface area contributed by atoms with E-state index < -0.39 is 5.91 Å². The van der Waals surface area contributed by atoms with Crippen molar-refractivity contribution in [2.75, 3.05) is 31.1 Å². The fourth-order valence-electron chi connectivity index (χ4n) is 2.41. The molecule has 20 heavy (non-hydrogen) atoms. The van der Waals surface area contributed by atoms with Gasteiger partial charge in [0.1, 0.15) is 5.82 Å². The van der Waals surface area contributed by atoms with Gasteiger partial charge in [-0.05, 0) is 37.9 Å². The topological polar surface area (TPSA) is 94.5 Å². The Bertz CT molecular complexity index is 445. The number of hydrogen-bond donors (Lipinski definition) is 2. The molecule has 1 saturated heterocycles. The maximum Gasteiger partial charge on any atom is 0.252 e. The molecule has 0 aromatic carbocycles. The van der Waals surface area contributed by atoms with Crippen LogP contribution in [0.1, 0.15) is 29.6 Å². The van der Waals surface area contributed by atoms with E-state index in [2.05, 4.69) is 9.88 Å². The number of nitrogens with two attached hydrogens (primary N) is 2. The Morgan fingerprint density at radius 3 is 2.85 bits per heavy atom. The highest BCUT2D eigenvalue weighted by atomic mass is 16.5. The molecule has 2 rings (SSSR count). The van der Waals surface area contributed by atoms with Gasteiger partial charge in [-0.1, -0.05) is 0 Å². The minimum absolute atomic E-state index is 0.276. The number of rotatable bonds is 6. The molecule has 110 valence electrons. The Labute approximate surface area is 119 Å². The minimum atomic E-state index is -0.436. The number of piperidine rings is 1. The van der Waals surface area contributed by atoms with Crippen LogP contribution in [0.15, 0.2) is 18.3 Å². The quantitative estimate of drug-likeness (QED) is 0.740. The van der Waals surface area contributed by atoms with Gasteiger partial charge in [0, 0.05) is 25.9 Å². The highest BCUT2D eigenvalue weighted by molar-refractivity contribution is 5.97. The van der Waals surface area contributed by atoms with Gasteiger partial charge in [0.25, 0.3) is 5.91 Å². The molecule has 1 amide bonds. The normalized spacial score (nSPS) is 16.4. The summed E-state index contributed by atoms with van der Waals surface area (Å²) in [6.45, 7) is 3.03. The summed E-state index contributed by atoms with van der Waals surface area (Å²) in [5.41, 5.74) is 11.3. The third-order valence-electron chi connectivity index (χ3n) is 3.50. The molecule has 0 atom stereocenters. The van der Waals surface area contributed by atoms with Crippen LogP contribution in [0.2, 0.25) is 0 Å². The lowest BCUT2D eigenvalue weighted by Gasteiger charge is -2.33. The first-order valence-electron chi connectivity index (χ1n) is 7.04. The Kier molecular flexibility index (Phi) is 5.31. The number of nitrogens with zero attached hydrogens (tertiary/aromatic N) is 2. The molecule has 1 fully saturated rings. The van der Waals surface area contributed by atoms with E-state index in [-0.39, 0.29) is 6.10 Å². The summed E-state index contributed by atoms with van der Waals surface area (Å²) in [7, 11) is 0. The zero-order valence-electron chi connectivity index (χ0n) is 11.6. The first kappa shape index (κ1) is 14.7. The second kappa shape index (κ2) is 7.21. The molecule has 6 heteroatoms. The molecule has 6 nitrogen and oxygen atoms in total. The van der Waals surface area contributed by atoms with Gasteiger partial charge in [-0.15, -0.1) is 0 Å². The lowest BCUT2D eigenvalue weighted by molar-refractivity contribution is 0.0365. The molecule has 1 aliphatic rings. The number of carbonyl (C=O) groups is 1. The zero-order valence-corrected chi connectivity index (χ0v) is 11.6. The van der Waals surface area contributed by atoms with Crippen LogP contribution in [0.25, 0.3) is 0 Å². The van der Waals surface area contributed by atoms with Gasteiger partial charge in [0.2, 0.25) is 0 Å². The van der Waals surface area contributed by atoms with Crippen LogP contribution in [0.4, 0.5) is 5.82 Å². The van der Waals surface area contributed by atoms with E-state index in [0.717, 1.165) is 39.0 Å². The molecule has 1 aliphatic heterocycles. The third kappa shape index (κ3) is 3.68. The minimum Gasteiger partial charge on any atom is -0.378 e. The molecule has 0 radical (unpaired) electrons. The summed E-state index contributed by atoms with van der Waals surface area (Å²) in [4.78, 5) is 17.8. The molecule has 2 heterocycles. The maximum absolute atomic E-state index is 11.4. The van der Waals surface area contributed by atoms with Crippen molar-refractivity contribution in [3.63, 3.8) is 0 Å². The second-order valence-corrected chi connectivity index (χ2v) is 4.94. The molecule has 0 aliphatic carbocycles. The van der Waals surface area contributed by atoms with Gasteiger partial charge in [-0.3, -0.25) is 4.79 Å². The predicted octanol–water partition coefficient (Wildman–Crippen LogP) is 0.515. The molecule has 0 bridgehead atoms. The van der Waals surface area contributed by atoms with Gasteiger partial charge in [0.15, 0.2) is 0 Å². The Balaban J connectivity index is 1.92. The van der Waals surface area contributed by atoms with Crippen molar-refractivity contribution in [2.45, 2.75) is 25.4 Å². The van der Waals surface area contributed by atoms with Gasteiger partial charge < -0.3 is 21.1 Å². The Morgan fingerprint density at radius 2 is 2.20 bits per heavy atom. The van der Waals surface area contributed by atoms with E-state index >= 15 is 0 Å². The summed E-state index contributed by atoms with van der Waals surface area (Å²) in [6, 6.07) is 3.45. The molecule has 1 aromatic rings. The van der Waals surface area contributed by atoms with Crippen molar-refractivity contribution in [3.05, 3.63) is 23.9 Å². The van der Waals surface area contributed by atoms with Crippen molar-refractivity contribution in [2.24, 2.45) is 11.5 Å². The molecular weight excluding hydrogens is 256 g/mol. The SMILES string of the molecule is NCCCOC1CCN(c2ncccc2C(N)=O)CC1. The van der Waals surface area contributed by atoms with E-state index in [0.29, 0.717) is 17.9 Å². The fraction of sp³-hybridized carbons (Fsp3) is 0.571. The van der Waals surface area contributed by atoms with Gasteiger partial charge in [-0.25, -0.2) is 4.98 Å². The molecule has 0 spiro atoms. The molecule has 0 unspecified atom stereocenters. The average Bonchev–Trinajstić information content (AvgIpc) is 2.48. The summed E-state index contributed by atoms with van der Waals surface area (Å²) >= 11 is 0. The highest BCUT2D eigenvalue weighted by Crippen LogP contribution is 2.22. The smallest absolute Gasteiger partial charge is 0.252 e. The predicted molar refractivity (Wildman–Crippen MR) is 77.6 cm³/mol. The van der Waals surface area contributed by atoms with Crippen molar-refractivity contribution in [3.8, 4) is 0 Å². The summed E-state index contributed by atoms with van der Waals surface area (Å²) in [6.07, 6.45) is 4.72. The zero-order chi connectivity index (χ0) is 14.4. The van der Waals surface area contributed by atoms with E-state index in [4.69, 9.17) is 16.2 Å².